The van der Waals surface area contributed by atoms with Crippen molar-refractivity contribution in [3.8, 4) is 0 Å². The second-order valence-electron chi connectivity index (χ2n) is 4.49. The van der Waals surface area contributed by atoms with E-state index in [1.165, 1.54) is 0 Å². The van der Waals surface area contributed by atoms with Crippen molar-refractivity contribution in [2.24, 2.45) is 0 Å². The van der Waals surface area contributed by atoms with Crippen LogP contribution in [0.1, 0.15) is 17.8 Å². The molecule has 3 aromatic rings. The van der Waals surface area contributed by atoms with E-state index in [1.54, 1.807) is 11.3 Å². The molecule has 0 bridgehead atoms. The molecule has 0 aliphatic heterocycles. The Balaban J connectivity index is 2.00. The number of aromatic nitrogens is 3. The molecule has 0 saturated heterocycles. The number of fused-ring (bicyclic) bond motifs is 1. The van der Waals surface area contributed by atoms with E-state index in [0.717, 1.165) is 27.1 Å². The first-order valence-corrected chi connectivity index (χ1v) is 7.63. The third-order valence-electron chi connectivity index (χ3n) is 3.07. The number of hydrogen-bond donors (Lipinski definition) is 1. The maximum Gasteiger partial charge on any atom is 0.201 e. The second kappa shape index (κ2) is 4.94. The van der Waals surface area contributed by atoms with Crippen molar-refractivity contribution in [1.29, 1.82) is 0 Å². The summed E-state index contributed by atoms with van der Waals surface area (Å²) in [7, 11) is 0. The SMILES string of the molecule is CC(Cn1c(N)nc2ccc(Br)cc21)c1nccs1. The number of thiazole rings is 1. The molecule has 1 atom stereocenters. The van der Waals surface area contributed by atoms with Gasteiger partial charge >= 0.3 is 0 Å². The van der Waals surface area contributed by atoms with Crippen LogP contribution in [0.25, 0.3) is 11.0 Å². The minimum atomic E-state index is 0.318. The summed E-state index contributed by atoms with van der Waals surface area (Å²) in [5.41, 5.74) is 8.00. The molecule has 2 aromatic heterocycles. The third kappa shape index (κ3) is 2.37. The first-order chi connectivity index (χ1) is 9.15. The van der Waals surface area contributed by atoms with Gasteiger partial charge in [0, 0.05) is 28.5 Å². The lowest BCUT2D eigenvalue weighted by Crippen LogP contribution is -2.09. The minimum absolute atomic E-state index is 0.318. The van der Waals surface area contributed by atoms with Crippen molar-refractivity contribution in [2.75, 3.05) is 5.73 Å². The van der Waals surface area contributed by atoms with Crippen LogP contribution in [-0.4, -0.2) is 14.5 Å². The zero-order chi connectivity index (χ0) is 13.4. The average Bonchev–Trinajstić information content (AvgIpc) is 2.99. The van der Waals surface area contributed by atoms with E-state index in [-0.39, 0.29) is 0 Å². The van der Waals surface area contributed by atoms with E-state index in [1.807, 2.05) is 34.3 Å². The number of nitrogens with zero attached hydrogens (tertiary/aromatic N) is 3. The summed E-state index contributed by atoms with van der Waals surface area (Å²) in [6, 6.07) is 6.00. The highest BCUT2D eigenvalue weighted by molar-refractivity contribution is 9.10. The molecule has 3 rings (SSSR count). The maximum atomic E-state index is 6.02. The van der Waals surface area contributed by atoms with Gasteiger partial charge in [-0.15, -0.1) is 11.3 Å². The van der Waals surface area contributed by atoms with E-state index in [0.29, 0.717) is 11.9 Å². The monoisotopic (exact) mass is 336 g/mol. The van der Waals surface area contributed by atoms with E-state index < -0.39 is 0 Å². The molecule has 6 heteroatoms. The number of imidazole rings is 1. The fraction of sp³-hybridized carbons (Fsp3) is 0.231. The van der Waals surface area contributed by atoms with Crippen LogP contribution < -0.4 is 5.73 Å². The number of nitrogen functional groups attached to an aromatic ring is 1. The van der Waals surface area contributed by atoms with Crippen LogP contribution in [0.5, 0.6) is 0 Å². The molecule has 0 aliphatic carbocycles. The molecule has 0 fully saturated rings. The number of nitrogens with two attached hydrogens (primary N) is 1. The zero-order valence-electron chi connectivity index (χ0n) is 10.4. The Labute approximate surface area is 123 Å². The summed E-state index contributed by atoms with van der Waals surface area (Å²) in [5.74, 6) is 0.871. The molecule has 98 valence electrons. The predicted molar refractivity (Wildman–Crippen MR) is 82.4 cm³/mol. The summed E-state index contributed by atoms with van der Waals surface area (Å²) in [6.07, 6.45) is 1.84. The van der Waals surface area contributed by atoms with Crippen LogP contribution in [-0.2, 0) is 6.54 Å². The Morgan fingerprint density at radius 3 is 3.05 bits per heavy atom. The van der Waals surface area contributed by atoms with Gasteiger partial charge in [-0.1, -0.05) is 22.9 Å². The van der Waals surface area contributed by atoms with Gasteiger partial charge in [-0.2, -0.15) is 0 Å². The highest BCUT2D eigenvalue weighted by Crippen LogP contribution is 2.26. The lowest BCUT2D eigenvalue weighted by molar-refractivity contribution is 0.614. The summed E-state index contributed by atoms with van der Waals surface area (Å²) in [5, 5.41) is 3.12. The van der Waals surface area contributed by atoms with E-state index in [9.17, 15) is 0 Å². The molecule has 2 N–H and O–H groups in total. The topological polar surface area (TPSA) is 56.7 Å². The molecular weight excluding hydrogens is 324 g/mol. The first kappa shape index (κ1) is 12.6. The highest BCUT2D eigenvalue weighted by atomic mass is 79.9. The molecule has 4 nitrogen and oxygen atoms in total. The third-order valence-corrected chi connectivity index (χ3v) is 4.57. The zero-order valence-corrected chi connectivity index (χ0v) is 12.8. The molecule has 0 saturated carbocycles. The summed E-state index contributed by atoms with van der Waals surface area (Å²) in [4.78, 5) is 8.75. The van der Waals surface area contributed by atoms with Gasteiger partial charge in [-0.3, -0.25) is 0 Å². The average molecular weight is 337 g/mol. The van der Waals surface area contributed by atoms with Crippen molar-refractivity contribution < 1.29 is 0 Å². The molecular formula is C13H13BrN4S. The largest absolute Gasteiger partial charge is 0.369 e. The van der Waals surface area contributed by atoms with Gasteiger partial charge in [0.2, 0.25) is 5.95 Å². The van der Waals surface area contributed by atoms with E-state index >= 15 is 0 Å². The Kier molecular flexibility index (Phi) is 3.28. The Morgan fingerprint density at radius 1 is 1.47 bits per heavy atom. The van der Waals surface area contributed by atoms with Crippen LogP contribution in [0.15, 0.2) is 34.2 Å². The lowest BCUT2D eigenvalue weighted by atomic mass is 10.2. The van der Waals surface area contributed by atoms with Crippen LogP contribution in [0.2, 0.25) is 0 Å². The summed E-state index contributed by atoms with van der Waals surface area (Å²) >= 11 is 5.16. The highest BCUT2D eigenvalue weighted by Gasteiger charge is 2.14. The molecule has 1 unspecified atom stereocenters. The van der Waals surface area contributed by atoms with Gasteiger partial charge < -0.3 is 10.3 Å². The number of halogens is 1. The van der Waals surface area contributed by atoms with Crippen molar-refractivity contribution in [1.82, 2.24) is 14.5 Å². The Morgan fingerprint density at radius 2 is 2.32 bits per heavy atom. The lowest BCUT2D eigenvalue weighted by Gasteiger charge is -2.11. The maximum absolute atomic E-state index is 6.02. The van der Waals surface area contributed by atoms with Crippen molar-refractivity contribution >= 4 is 44.2 Å². The molecule has 19 heavy (non-hydrogen) atoms. The smallest absolute Gasteiger partial charge is 0.201 e. The molecule has 0 spiro atoms. The van der Waals surface area contributed by atoms with Gasteiger partial charge in [0.25, 0.3) is 0 Å². The molecule has 0 aliphatic rings. The van der Waals surface area contributed by atoms with Crippen LogP contribution >= 0.6 is 27.3 Å². The van der Waals surface area contributed by atoms with Gasteiger partial charge in [-0.05, 0) is 18.2 Å². The standard InChI is InChI=1S/C13H13BrN4S/c1-8(12-16-4-5-19-12)7-18-11-6-9(14)2-3-10(11)17-13(18)15/h2-6,8H,7H2,1H3,(H2,15,17). The summed E-state index contributed by atoms with van der Waals surface area (Å²) in [6.45, 7) is 2.94. The number of anilines is 1. The number of benzene rings is 1. The van der Waals surface area contributed by atoms with Gasteiger partial charge in [0.05, 0.1) is 16.0 Å². The molecule has 1 aromatic carbocycles. The van der Waals surface area contributed by atoms with Crippen molar-refractivity contribution in [2.45, 2.75) is 19.4 Å². The molecule has 0 radical (unpaired) electrons. The number of hydrogen-bond acceptors (Lipinski definition) is 4. The van der Waals surface area contributed by atoms with E-state index in [4.69, 9.17) is 5.73 Å². The van der Waals surface area contributed by atoms with Crippen LogP contribution in [0, 0.1) is 0 Å². The number of rotatable bonds is 3. The van der Waals surface area contributed by atoms with Crippen LogP contribution in [0.3, 0.4) is 0 Å². The molecule has 2 heterocycles. The van der Waals surface area contributed by atoms with Gasteiger partial charge in [-0.25, -0.2) is 9.97 Å². The van der Waals surface area contributed by atoms with Crippen LogP contribution in [0.4, 0.5) is 5.95 Å². The summed E-state index contributed by atoms with van der Waals surface area (Å²) < 4.78 is 3.08. The first-order valence-electron chi connectivity index (χ1n) is 5.96. The Hall–Kier alpha value is -1.40. The van der Waals surface area contributed by atoms with Crippen molar-refractivity contribution in [3.05, 3.63) is 39.3 Å². The normalized spacial score (nSPS) is 12.9. The van der Waals surface area contributed by atoms with Crippen molar-refractivity contribution in [3.63, 3.8) is 0 Å². The fourth-order valence-corrected chi connectivity index (χ4v) is 3.17. The predicted octanol–water partition coefficient (Wildman–Crippen LogP) is 3.64. The quantitative estimate of drug-likeness (QED) is 0.794. The van der Waals surface area contributed by atoms with E-state index in [2.05, 4.69) is 32.8 Å². The van der Waals surface area contributed by atoms with Gasteiger partial charge in [0.15, 0.2) is 0 Å². The fourth-order valence-electron chi connectivity index (χ4n) is 2.14. The minimum Gasteiger partial charge on any atom is -0.369 e. The second-order valence-corrected chi connectivity index (χ2v) is 6.33. The Bertz CT molecular complexity index is 705. The van der Waals surface area contributed by atoms with Gasteiger partial charge in [0.1, 0.15) is 0 Å². The molecule has 0 amide bonds.